The van der Waals surface area contributed by atoms with Crippen LogP contribution in [0.2, 0.25) is 0 Å². The molecule has 1 aromatic carbocycles. The number of fused-ring (bicyclic) bond motifs is 1. The van der Waals surface area contributed by atoms with Crippen LogP contribution in [0.25, 0.3) is 11.0 Å². The molecule has 0 saturated heterocycles. The van der Waals surface area contributed by atoms with E-state index < -0.39 is 0 Å². The minimum atomic E-state index is 0.576. The summed E-state index contributed by atoms with van der Waals surface area (Å²) >= 11 is 3.52. The Balaban J connectivity index is 2.37. The average Bonchev–Trinajstić information content (AvgIpc) is 2.71. The molecular formula is C14H18BrNO2. The molecule has 4 heteroatoms. The molecule has 3 nitrogen and oxygen atoms in total. The van der Waals surface area contributed by atoms with E-state index in [2.05, 4.69) is 34.2 Å². The molecule has 0 amide bonds. The van der Waals surface area contributed by atoms with Crippen molar-refractivity contribution in [2.45, 2.75) is 26.5 Å². The zero-order chi connectivity index (χ0) is 13.0. The van der Waals surface area contributed by atoms with Gasteiger partial charge in [-0.1, -0.05) is 19.1 Å². The minimum absolute atomic E-state index is 0.576. The van der Waals surface area contributed by atoms with E-state index in [4.69, 9.17) is 9.15 Å². The third-order valence-corrected chi connectivity index (χ3v) is 3.48. The number of ether oxygens (including phenoxy) is 1. The molecule has 0 spiro atoms. The minimum Gasteiger partial charge on any atom is -0.458 e. The number of benzene rings is 1. The summed E-state index contributed by atoms with van der Waals surface area (Å²) in [7, 11) is 1.71. The quantitative estimate of drug-likeness (QED) is 0.823. The Morgan fingerprint density at radius 2 is 2.22 bits per heavy atom. The molecule has 1 heterocycles. The van der Waals surface area contributed by atoms with E-state index in [9.17, 15) is 0 Å². The Kier molecular flexibility index (Phi) is 4.80. The SMILES string of the molecule is CCCNCc1oc2c(Br)cccc2c1COC. The molecule has 2 rings (SSSR count). The lowest BCUT2D eigenvalue weighted by Gasteiger charge is -2.03. The highest BCUT2D eigenvalue weighted by atomic mass is 79.9. The van der Waals surface area contributed by atoms with Crippen molar-refractivity contribution in [3.63, 3.8) is 0 Å². The van der Waals surface area contributed by atoms with Gasteiger partial charge in [0, 0.05) is 18.1 Å². The first-order valence-corrected chi connectivity index (χ1v) is 6.95. The van der Waals surface area contributed by atoms with Crippen molar-refractivity contribution < 1.29 is 9.15 Å². The van der Waals surface area contributed by atoms with Crippen LogP contribution in [0.1, 0.15) is 24.7 Å². The Labute approximate surface area is 116 Å². The van der Waals surface area contributed by atoms with E-state index in [1.165, 1.54) is 0 Å². The molecule has 0 aliphatic rings. The summed E-state index contributed by atoms with van der Waals surface area (Å²) in [6, 6.07) is 6.08. The highest BCUT2D eigenvalue weighted by Gasteiger charge is 2.15. The summed E-state index contributed by atoms with van der Waals surface area (Å²) < 4.78 is 12.2. The zero-order valence-corrected chi connectivity index (χ0v) is 12.3. The van der Waals surface area contributed by atoms with Crippen molar-refractivity contribution in [1.82, 2.24) is 5.32 Å². The molecule has 0 bridgehead atoms. The second-order valence-corrected chi connectivity index (χ2v) is 5.08. The fraction of sp³-hybridized carbons (Fsp3) is 0.429. The van der Waals surface area contributed by atoms with Gasteiger partial charge in [0.2, 0.25) is 0 Å². The summed E-state index contributed by atoms with van der Waals surface area (Å²) in [5.41, 5.74) is 2.04. The van der Waals surface area contributed by atoms with Crippen LogP contribution in [-0.4, -0.2) is 13.7 Å². The van der Waals surface area contributed by atoms with E-state index in [-0.39, 0.29) is 0 Å². The first kappa shape index (κ1) is 13.6. The number of methoxy groups -OCH3 is 1. The summed E-state index contributed by atoms with van der Waals surface area (Å²) in [5.74, 6) is 0.965. The fourth-order valence-electron chi connectivity index (χ4n) is 2.01. The van der Waals surface area contributed by atoms with Gasteiger partial charge in [-0.3, -0.25) is 0 Å². The van der Waals surface area contributed by atoms with Gasteiger partial charge in [0.15, 0.2) is 0 Å². The molecule has 18 heavy (non-hydrogen) atoms. The Morgan fingerprint density at radius 1 is 1.39 bits per heavy atom. The first-order valence-electron chi connectivity index (χ1n) is 6.16. The normalized spacial score (nSPS) is 11.3. The first-order chi connectivity index (χ1) is 8.77. The fourth-order valence-corrected chi connectivity index (χ4v) is 2.46. The van der Waals surface area contributed by atoms with Crippen molar-refractivity contribution in [1.29, 1.82) is 0 Å². The van der Waals surface area contributed by atoms with E-state index in [1.54, 1.807) is 7.11 Å². The standard InChI is InChI=1S/C14H18BrNO2/c1-3-7-16-8-13-11(9-17-2)10-5-4-6-12(15)14(10)18-13/h4-6,16H,3,7-9H2,1-2H3. The number of furan rings is 1. The van der Waals surface area contributed by atoms with E-state index in [0.29, 0.717) is 6.61 Å². The molecule has 98 valence electrons. The molecule has 1 N–H and O–H groups in total. The van der Waals surface area contributed by atoms with Gasteiger partial charge in [0.05, 0.1) is 17.6 Å². The Morgan fingerprint density at radius 3 is 2.94 bits per heavy atom. The molecule has 0 radical (unpaired) electrons. The number of hydrogen-bond donors (Lipinski definition) is 1. The second kappa shape index (κ2) is 6.36. The zero-order valence-electron chi connectivity index (χ0n) is 10.8. The van der Waals surface area contributed by atoms with Crippen molar-refractivity contribution >= 4 is 26.9 Å². The Hall–Kier alpha value is -0.840. The van der Waals surface area contributed by atoms with Crippen LogP contribution < -0.4 is 5.32 Å². The highest BCUT2D eigenvalue weighted by molar-refractivity contribution is 9.10. The highest BCUT2D eigenvalue weighted by Crippen LogP contribution is 2.31. The van der Waals surface area contributed by atoms with Crippen LogP contribution in [0, 0.1) is 0 Å². The van der Waals surface area contributed by atoms with Gasteiger partial charge in [-0.15, -0.1) is 0 Å². The number of hydrogen-bond acceptors (Lipinski definition) is 3. The smallest absolute Gasteiger partial charge is 0.148 e. The second-order valence-electron chi connectivity index (χ2n) is 4.23. The van der Waals surface area contributed by atoms with Gasteiger partial charge in [0.25, 0.3) is 0 Å². The molecule has 0 atom stereocenters. The summed E-state index contributed by atoms with van der Waals surface area (Å²) in [6.07, 6.45) is 1.11. The van der Waals surface area contributed by atoms with Crippen LogP contribution in [0.15, 0.2) is 27.1 Å². The maximum absolute atomic E-state index is 5.94. The number of halogens is 1. The van der Waals surface area contributed by atoms with Crippen molar-refractivity contribution in [2.24, 2.45) is 0 Å². The molecule has 1 aromatic heterocycles. The maximum atomic E-state index is 5.94. The predicted octanol–water partition coefficient (Wildman–Crippen LogP) is 3.84. The number of rotatable bonds is 6. The van der Waals surface area contributed by atoms with Gasteiger partial charge >= 0.3 is 0 Å². The average molecular weight is 312 g/mol. The van der Waals surface area contributed by atoms with Crippen molar-refractivity contribution in [3.05, 3.63) is 34.0 Å². The maximum Gasteiger partial charge on any atom is 0.148 e. The number of nitrogens with one attached hydrogen (secondary N) is 1. The monoisotopic (exact) mass is 311 g/mol. The molecule has 0 aliphatic carbocycles. The predicted molar refractivity (Wildman–Crippen MR) is 76.6 cm³/mol. The van der Waals surface area contributed by atoms with Crippen LogP contribution in [0.4, 0.5) is 0 Å². The lowest BCUT2D eigenvalue weighted by atomic mass is 10.1. The van der Waals surface area contributed by atoms with Crippen LogP contribution in [0.5, 0.6) is 0 Å². The van der Waals surface area contributed by atoms with Crippen LogP contribution >= 0.6 is 15.9 Å². The van der Waals surface area contributed by atoms with E-state index in [1.807, 2.05) is 12.1 Å². The van der Waals surface area contributed by atoms with Crippen LogP contribution in [-0.2, 0) is 17.9 Å². The van der Waals surface area contributed by atoms with E-state index >= 15 is 0 Å². The molecule has 0 unspecified atom stereocenters. The number of para-hydroxylation sites is 1. The summed E-state index contributed by atoms with van der Waals surface area (Å²) in [4.78, 5) is 0. The molecule has 0 fully saturated rings. The Bertz CT molecular complexity index is 522. The summed E-state index contributed by atoms with van der Waals surface area (Å²) in [6.45, 7) is 4.46. The summed E-state index contributed by atoms with van der Waals surface area (Å²) in [5, 5.41) is 4.49. The third-order valence-electron chi connectivity index (χ3n) is 2.85. The van der Waals surface area contributed by atoms with Crippen LogP contribution in [0.3, 0.4) is 0 Å². The molecule has 2 aromatic rings. The van der Waals surface area contributed by atoms with Crippen molar-refractivity contribution in [2.75, 3.05) is 13.7 Å². The van der Waals surface area contributed by atoms with E-state index in [0.717, 1.165) is 46.3 Å². The van der Waals surface area contributed by atoms with Crippen molar-refractivity contribution in [3.8, 4) is 0 Å². The van der Waals surface area contributed by atoms with Gasteiger partial charge in [0.1, 0.15) is 11.3 Å². The van der Waals surface area contributed by atoms with Gasteiger partial charge < -0.3 is 14.5 Å². The van der Waals surface area contributed by atoms with Gasteiger partial charge in [-0.2, -0.15) is 0 Å². The van der Waals surface area contributed by atoms with Gasteiger partial charge in [-0.25, -0.2) is 0 Å². The molecular weight excluding hydrogens is 294 g/mol. The van der Waals surface area contributed by atoms with Gasteiger partial charge in [-0.05, 0) is 35.0 Å². The lowest BCUT2D eigenvalue weighted by molar-refractivity contribution is 0.183. The topological polar surface area (TPSA) is 34.4 Å². The molecule has 0 saturated carbocycles. The molecule has 0 aliphatic heterocycles. The lowest BCUT2D eigenvalue weighted by Crippen LogP contribution is -2.14. The largest absolute Gasteiger partial charge is 0.458 e. The third kappa shape index (κ3) is 2.76.